The van der Waals surface area contributed by atoms with E-state index in [9.17, 15) is 4.79 Å². The van der Waals surface area contributed by atoms with Crippen LogP contribution < -0.4 is 0 Å². The number of fused-ring (bicyclic) bond motifs is 1. The minimum Gasteiger partial charge on any atom is -0.350 e. The molecule has 2 fully saturated rings. The molecule has 2 heterocycles. The monoisotopic (exact) mass is 559 g/mol. The van der Waals surface area contributed by atoms with E-state index >= 15 is 0 Å². The lowest BCUT2D eigenvalue weighted by molar-refractivity contribution is -0.175. The van der Waals surface area contributed by atoms with E-state index in [1.165, 1.54) is 34.1 Å². The molecule has 0 aliphatic carbocycles. The lowest BCUT2D eigenvalue weighted by Crippen LogP contribution is -2.51. The van der Waals surface area contributed by atoms with Gasteiger partial charge >= 0.3 is 0 Å². The van der Waals surface area contributed by atoms with E-state index in [1.54, 1.807) is 0 Å². The van der Waals surface area contributed by atoms with Gasteiger partial charge in [-0.05, 0) is 86.1 Å². The maximum atomic E-state index is 12.9. The minimum atomic E-state index is -0.387. The zero-order valence-corrected chi connectivity index (χ0v) is 25.5. The van der Waals surface area contributed by atoms with Crippen LogP contribution in [0.3, 0.4) is 0 Å². The number of hydrogen-bond acceptors (Lipinski definition) is 5. The molecule has 2 aliphatic rings. The Morgan fingerprint density at radius 1 is 0.975 bits per heavy atom. The second kappa shape index (κ2) is 12.6. The molecule has 0 radical (unpaired) electrons. The Morgan fingerprint density at radius 2 is 1.68 bits per heavy atom. The molecule has 0 saturated carbocycles. The first-order chi connectivity index (χ1) is 19.2. The second-order valence-corrected chi connectivity index (χ2v) is 13.9. The van der Waals surface area contributed by atoms with Gasteiger partial charge in [0.2, 0.25) is 5.91 Å². The predicted molar refractivity (Wildman–Crippen MR) is 166 cm³/mol. The van der Waals surface area contributed by atoms with Crippen LogP contribution in [0.5, 0.6) is 0 Å². The summed E-state index contributed by atoms with van der Waals surface area (Å²) in [6, 6.07) is 25.9. The number of piperidine rings is 1. The van der Waals surface area contributed by atoms with Crippen molar-refractivity contribution in [3.05, 3.63) is 78.4 Å². The van der Waals surface area contributed by atoms with Gasteiger partial charge in [-0.25, -0.2) is 4.31 Å². The minimum absolute atomic E-state index is 0.166. The van der Waals surface area contributed by atoms with E-state index in [-0.39, 0.29) is 16.9 Å². The number of carbonyl (C=O) groups is 1. The molecule has 5 rings (SSSR count). The zero-order chi connectivity index (χ0) is 28.2. The van der Waals surface area contributed by atoms with Crippen molar-refractivity contribution in [1.82, 2.24) is 14.1 Å². The van der Waals surface area contributed by atoms with E-state index in [1.807, 2.05) is 37.6 Å². The molecule has 3 aromatic carbocycles. The molecule has 6 heteroatoms. The number of ether oxygens (including phenoxy) is 1. The number of carbonyl (C=O) groups excluding carboxylic acids is 1. The maximum Gasteiger partial charge on any atom is 0.229 e. The number of hydrogen-bond donors (Lipinski definition) is 0. The van der Waals surface area contributed by atoms with Crippen molar-refractivity contribution in [2.45, 2.75) is 57.0 Å². The molecule has 0 spiro atoms. The Kier molecular flexibility index (Phi) is 9.21. The Balaban J connectivity index is 1.13. The molecule has 1 atom stereocenters. The summed E-state index contributed by atoms with van der Waals surface area (Å²) in [4.78, 5) is 18.7. The highest BCUT2D eigenvalue weighted by molar-refractivity contribution is 7.97. The van der Waals surface area contributed by atoms with Gasteiger partial charge in [0.05, 0.1) is 5.60 Å². The van der Waals surface area contributed by atoms with Crippen molar-refractivity contribution in [1.29, 1.82) is 0 Å². The van der Waals surface area contributed by atoms with Crippen molar-refractivity contribution in [3.63, 3.8) is 0 Å². The zero-order valence-electron chi connectivity index (χ0n) is 24.6. The van der Waals surface area contributed by atoms with Crippen molar-refractivity contribution in [2.75, 3.05) is 46.5 Å². The van der Waals surface area contributed by atoms with Crippen LogP contribution in [-0.4, -0.2) is 66.5 Å². The molecule has 3 aromatic rings. The van der Waals surface area contributed by atoms with Crippen molar-refractivity contribution >= 4 is 28.6 Å². The van der Waals surface area contributed by atoms with Gasteiger partial charge in [-0.15, -0.1) is 0 Å². The number of likely N-dealkylation sites (tertiary alicyclic amines) is 1. The molecule has 2 aliphatic heterocycles. The fraction of sp³-hybridized carbons (Fsp3) is 0.500. The summed E-state index contributed by atoms with van der Waals surface area (Å²) in [5, 5.41) is 2.64. The summed E-state index contributed by atoms with van der Waals surface area (Å²) < 4.78 is 9.03. The average Bonchev–Trinajstić information content (AvgIpc) is 2.97. The maximum absolute atomic E-state index is 12.9. The van der Waals surface area contributed by atoms with Gasteiger partial charge in [0.25, 0.3) is 0 Å². The Labute approximate surface area is 245 Å². The fourth-order valence-electron chi connectivity index (χ4n) is 6.17. The predicted octanol–water partition coefficient (Wildman–Crippen LogP) is 7.03. The van der Waals surface area contributed by atoms with Crippen LogP contribution in [0.25, 0.3) is 10.8 Å². The van der Waals surface area contributed by atoms with E-state index < -0.39 is 0 Å². The molecule has 1 unspecified atom stereocenters. The van der Waals surface area contributed by atoms with E-state index in [4.69, 9.17) is 4.74 Å². The summed E-state index contributed by atoms with van der Waals surface area (Å²) >= 11 is 1.87. The summed E-state index contributed by atoms with van der Waals surface area (Å²) in [7, 11) is 2.23. The summed E-state index contributed by atoms with van der Waals surface area (Å²) in [6.07, 6.45) is 4.25. The third-order valence-corrected chi connectivity index (χ3v) is 9.58. The lowest BCUT2D eigenvalue weighted by atomic mass is 9.84. The Hall–Kier alpha value is -2.38. The quantitative estimate of drug-likeness (QED) is 0.277. The SMILES string of the molecule is CN(CC1CCN(CCC2(c3ccccc3)CCN(C(=O)C(C)(C)C)CO2)CC1)Sc1cccc2ccccc12. The molecular weight excluding hydrogens is 514 g/mol. The molecule has 0 aromatic heterocycles. The van der Waals surface area contributed by atoms with Crippen molar-refractivity contribution < 1.29 is 9.53 Å². The number of nitrogens with zero attached hydrogens (tertiary/aromatic N) is 3. The van der Waals surface area contributed by atoms with Crippen LogP contribution in [0.1, 0.15) is 52.0 Å². The standard InChI is InChI=1S/C34H45N3O2S/c1-33(2,3)32(38)37-24-20-34(39-26-37,29-13-6-5-7-14-29)19-23-36-21-17-27(18-22-36)25-35(4)40-31-16-10-12-28-11-8-9-15-30(28)31/h5-16,27H,17-26H2,1-4H3. The van der Waals surface area contributed by atoms with Crippen LogP contribution in [0.2, 0.25) is 0 Å². The molecule has 2 saturated heterocycles. The van der Waals surface area contributed by atoms with Gasteiger partial charge in [0.1, 0.15) is 6.73 Å². The van der Waals surface area contributed by atoms with Gasteiger partial charge in [-0.2, -0.15) is 0 Å². The first-order valence-electron chi connectivity index (χ1n) is 14.8. The van der Waals surface area contributed by atoms with Crippen LogP contribution in [-0.2, 0) is 15.1 Å². The Morgan fingerprint density at radius 3 is 2.38 bits per heavy atom. The highest BCUT2D eigenvalue weighted by Gasteiger charge is 2.40. The fourth-order valence-corrected chi connectivity index (χ4v) is 7.22. The number of amides is 1. The van der Waals surface area contributed by atoms with Crippen LogP contribution in [0.4, 0.5) is 0 Å². The second-order valence-electron chi connectivity index (χ2n) is 12.6. The largest absolute Gasteiger partial charge is 0.350 e. The highest BCUT2D eigenvalue weighted by Crippen LogP contribution is 2.38. The van der Waals surface area contributed by atoms with Gasteiger partial charge in [-0.1, -0.05) is 87.5 Å². The summed E-state index contributed by atoms with van der Waals surface area (Å²) in [5.41, 5.74) is 0.518. The normalized spacial score (nSPS) is 21.3. The van der Waals surface area contributed by atoms with Crippen LogP contribution in [0.15, 0.2) is 77.7 Å². The van der Waals surface area contributed by atoms with Crippen LogP contribution >= 0.6 is 11.9 Å². The van der Waals surface area contributed by atoms with Gasteiger partial charge in [0.15, 0.2) is 0 Å². The summed E-state index contributed by atoms with van der Waals surface area (Å²) in [5.74, 6) is 0.884. The number of benzene rings is 3. The third kappa shape index (κ3) is 6.91. The molecule has 40 heavy (non-hydrogen) atoms. The van der Waals surface area contributed by atoms with Gasteiger partial charge in [-0.3, -0.25) is 4.79 Å². The van der Waals surface area contributed by atoms with Gasteiger partial charge < -0.3 is 14.5 Å². The first-order valence-corrected chi connectivity index (χ1v) is 15.6. The Bertz CT molecular complexity index is 1250. The highest BCUT2D eigenvalue weighted by atomic mass is 32.2. The lowest BCUT2D eigenvalue weighted by Gasteiger charge is -2.45. The molecule has 1 amide bonds. The number of rotatable bonds is 8. The molecule has 0 N–H and O–H groups in total. The van der Waals surface area contributed by atoms with E-state index in [0.717, 1.165) is 51.5 Å². The molecule has 214 valence electrons. The van der Waals surface area contributed by atoms with Gasteiger partial charge in [0, 0.05) is 29.9 Å². The smallest absolute Gasteiger partial charge is 0.229 e. The average molecular weight is 560 g/mol. The summed E-state index contributed by atoms with van der Waals surface area (Å²) in [6.45, 7) is 11.5. The van der Waals surface area contributed by atoms with E-state index in [0.29, 0.717) is 6.73 Å². The van der Waals surface area contributed by atoms with Crippen LogP contribution in [0, 0.1) is 11.3 Å². The first kappa shape index (κ1) is 29.1. The van der Waals surface area contributed by atoms with Crippen molar-refractivity contribution in [3.8, 4) is 0 Å². The van der Waals surface area contributed by atoms with Crippen molar-refractivity contribution in [2.24, 2.45) is 11.3 Å². The molecule has 5 nitrogen and oxygen atoms in total. The molecule has 0 bridgehead atoms. The van der Waals surface area contributed by atoms with E-state index in [2.05, 4.69) is 89.0 Å². The molecular formula is C34H45N3O2S. The topological polar surface area (TPSA) is 36.0 Å². The third-order valence-electron chi connectivity index (χ3n) is 8.57.